The Bertz CT molecular complexity index is 513. The lowest BCUT2D eigenvalue weighted by molar-refractivity contribution is 0.882. The molecule has 3 heteroatoms. The Kier molecular flexibility index (Phi) is 4.45. The van der Waals surface area contributed by atoms with Gasteiger partial charge >= 0.3 is 0 Å². The van der Waals surface area contributed by atoms with Gasteiger partial charge in [-0.1, -0.05) is 40.2 Å². The average molecular weight is 402 g/mol. The van der Waals surface area contributed by atoms with Gasteiger partial charge in [0.1, 0.15) is 0 Å². The van der Waals surface area contributed by atoms with E-state index in [0.29, 0.717) is 6.04 Å². The number of halogens is 2. The van der Waals surface area contributed by atoms with E-state index in [1.54, 1.807) is 0 Å². The van der Waals surface area contributed by atoms with Gasteiger partial charge in [-0.05, 0) is 59.3 Å². The summed E-state index contributed by atoms with van der Waals surface area (Å²) in [5.41, 5.74) is 2.46. The molecule has 0 aliphatic heterocycles. The molecule has 0 saturated carbocycles. The highest BCUT2D eigenvalue weighted by atomic mass is 127. The first-order valence-electron chi connectivity index (χ1n) is 5.43. The van der Waals surface area contributed by atoms with Crippen molar-refractivity contribution in [3.05, 3.63) is 62.1 Å². The summed E-state index contributed by atoms with van der Waals surface area (Å²) in [6.07, 6.45) is 0. The predicted octanol–water partition coefficient (Wildman–Crippen LogP) is 5.23. The molecule has 0 saturated heterocycles. The van der Waals surface area contributed by atoms with Crippen LogP contribution in [-0.4, -0.2) is 0 Å². The second kappa shape index (κ2) is 5.87. The second-order valence-electron chi connectivity index (χ2n) is 3.90. The van der Waals surface area contributed by atoms with Gasteiger partial charge in [-0.3, -0.25) is 0 Å². The predicted molar refractivity (Wildman–Crippen MR) is 85.3 cm³/mol. The monoisotopic (exact) mass is 401 g/mol. The van der Waals surface area contributed by atoms with Crippen molar-refractivity contribution in [2.24, 2.45) is 0 Å². The summed E-state index contributed by atoms with van der Waals surface area (Å²) < 4.78 is 2.36. The summed E-state index contributed by atoms with van der Waals surface area (Å²) in [5.74, 6) is 0. The van der Waals surface area contributed by atoms with Crippen LogP contribution in [0.15, 0.2) is 53.0 Å². The van der Waals surface area contributed by atoms with Crippen LogP contribution in [0, 0.1) is 3.57 Å². The van der Waals surface area contributed by atoms with Gasteiger partial charge in [-0.2, -0.15) is 0 Å². The van der Waals surface area contributed by atoms with Crippen molar-refractivity contribution < 1.29 is 0 Å². The van der Waals surface area contributed by atoms with Gasteiger partial charge in [0.2, 0.25) is 0 Å². The van der Waals surface area contributed by atoms with Crippen LogP contribution in [0.4, 0.5) is 5.69 Å². The fraction of sp³-hybridized carbons (Fsp3) is 0.143. The van der Waals surface area contributed by atoms with Gasteiger partial charge in [0.15, 0.2) is 0 Å². The molecule has 0 aliphatic rings. The van der Waals surface area contributed by atoms with Crippen molar-refractivity contribution in [2.45, 2.75) is 13.0 Å². The third-order valence-corrected chi connectivity index (χ3v) is 4.03. The van der Waals surface area contributed by atoms with Crippen molar-refractivity contribution in [2.75, 3.05) is 5.32 Å². The Morgan fingerprint density at radius 3 is 2.59 bits per heavy atom. The maximum atomic E-state index is 3.53. The van der Waals surface area contributed by atoms with Gasteiger partial charge < -0.3 is 5.32 Å². The zero-order valence-electron chi connectivity index (χ0n) is 9.45. The van der Waals surface area contributed by atoms with E-state index in [1.165, 1.54) is 14.8 Å². The highest BCUT2D eigenvalue weighted by molar-refractivity contribution is 14.1. The Balaban J connectivity index is 2.17. The van der Waals surface area contributed by atoms with E-state index in [4.69, 9.17) is 0 Å². The van der Waals surface area contributed by atoms with Gasteiger partial charge in [-0.25, -0.2) is 0 Å². The molecular formula is C14H13BrIN. The van der Waals surface area contributed by atoms with E-state index in [9.17, 15) is 0 Å². The molecule has 2 aromatic carbocycles. The van der Waals surface area contributed by atoms with Crippen LogP contribution in [0.1, 0.15) is 18.5 Å². The molecule has 0 spiro atoms. The van der Waals surface area contributed by atoms with Crippen LogP contribution in [-0.2, 0) is 0 Å². The molecule has 0 aromatic heterocycles. The number of hydrogen-bond acceptors (Lipinski definition) is 1. The molecule has 1 unspecified atom stereocenters. The van der Waals surface area contributed by atoms with Crippen molar-refractivity contribution in [3.8, 4) is 0 Å². The molecule has 0 amide bonds. The standard InChI is InChI=1S/C14H13BrIN/c1-10(11-5-4-6-12(15)9-11)17-14-8-3-2-7-13(14)16/h2-10,17H,1H3. The molecule has 1 atom stereocenters. The number of nitrogens with one attached hydrogen (secondary N) is 1. The smallest absolute Gasteiger partial charge is 0.0486 e. The molecule has 0 aliphatic carbocycles. The second-order valence-corrected chi connectivity index (χ2v) is 5.98. The number of hydrogen-bond donors (Lipinski definition) is 1. The van der Waals surface area contributed by atoms with Crippen LogP contribution >= 0.6 is 38.5 Å². The number of anilines is 1. The topological polar surface area (TPSA) is 12.0 Å². The first-order chi connectivity index (χ1) is 8.16. The molecule has 88 valence electrons. The minimum absolute atomic E-state index is 0.295. The Hall–Kier alpha value is -0.550. The summed E-state index contributed by atoms with van der Waals surface area (Å²) in [5, 5.41) is 3.53. The van der Waals surface area contributed by atoms with Crippen molar-refractivity contribution >= 4 is 44.2 Å². The van der Waals surface area contributed by atoms with Gasteiger partial charge in [-0.15, -0.1) is 0 Å². The van der Waals surface area contributed by atoms with Crippen LogP contribution < -0.4 is 5.32 Å². The number of para-hydroxylation sites is 1. The number of rotatable bonds is 3. The lowest BCUT2D eigenvalue weighted by Crippen LogP contribution is -2.07. The minimum atomic E-state index is 0.295. The summed E-state index contributed by atoms with van der Waals surface area (Å²) in [6, 6.07) is 17.0. The first-order valence-corrected chi connectivity index (χ1v) is 7.30. The lowest BCUT2D eigenvalue weighted by atomic mass is 10.1. The summed E-state index contributed by atoms with van der Waals surface area (Å²) >= 11 is 5.85. The zero-order chi connectivity index (χ0) is 12.3. The fourth-order valence-electron chi connectivity index (χ4n) is 1.67. The third-order valence-electron chi connectivity index (χ3n) is 2.59. The van der Waals surface area contributed by atoms with Gasteiger partial charge in [0, 0.05) is 19.8 Å². The van der Waals surface area contributed by atoms with E-state index in [1.807, 2.05) is 6.07 Å². The van der Waals surface area contributed by atoms with E-state index >= 15 is 0 Å². The molecule has 2 aromatic rings. The summed E-state index contributed by atoms with van der Waals surface area (Å²) in [4.78, 5) is 0. The minimum Gasteiger partial charge on any atom is -0.378 e. The summed E-state index contributed by atoms with van der Waals surface area (Å²) in [7, 11) is 0. The van der Waals surface area contributed by atoms with Gasteiger partial charge in [0.05, 0.1) is 0 Å². The first kappa shape index (κ1) is 12.9. The third kappa shape index (κ3) is 3.45. The highest BCUT2D eigenvalue weighted by Gasteiger charge is 2.07. The highest BCUT2D eigenvalue weighted by Crippen LogP contribution is 2.24. The Morgan fingerprint density at radius 1 is 1.12 bits per heavy atom. The van der Waals surface area contributed by atoms with E-state index in [2.05, 4.69) is 93.2 Å². The largest absolute Gasteiger partial charge is 0.378 e. The van der Waals surface area contributed by atoms with Crippen LogP contribution in [0.5, 0.6) is 0 Å². The van der Waals surface area contributed by atoms with Crippen molar-refractivity contribution in [3.63, 3.8) is 0 Å². The lowest BCUT2D eigenvalue weighted by Gasteiger charge is -2.17. The molecule has 0 fully saturated rings. The molecule has 1 nitrogen and oxygen atoms in total. The SMILES string of the molecule is CC(Nc1ccccc1I)c1cccc(Br)c1. The molecule has 2 rings (SSSR count). The maximum Gasteiger partial charge on any atom is 0.0486 e. The molecule has 0 bridgehead atoms. The van der Waals surface area contributed by atoms with E-state index in [-0.39, 0.29) is 0 Å². The van der Waals surface area contributed by atoms with E-state index < -0.39 is 0 Å². The van der Waals surface area contributed by atoms with Crippen molar-refractivity contribution in [1.29, 1.82) is 0 Å². The molecule has 0 radical (unpaired) electrons. The normalized spacial score (nSPS) is 12.2. The maximum absolute atomic E-state index is 3.53. The number of benzene rings is 2. The molecular weight excluding hydrogens is 389 g/mol. The molecule has 17 heavy (non-hydrogen) atoms. The van der Waals surface area contributed by atoms with Crippen molar-refractivity contribution in [1.82, 2.24) is 0 Å². The Morgan fingerprint density at radius 2 is 1.88 bits per heavy atom. The summed E-state index contributed by atoms with van der Waals surface area (Å²) in [6.45, 7) is 2.17. The quantitative estimate of drug-likeness (QED) is 0.694. The molecule has 1 N–H and O–H groups in total. The van der Waals surface area contributed by atoms with Crippen LogP contribution in [0.2, 0.25) is 0 Å². The Labute approximate surface area is 124 Å². The van der Waals surface area contributed by atoms with E-state index in [0.717, 1.165) is 4.47 Å². The average Bonchev–Trinajstić information content (AvgIpc) is 2.32. The zero-order valence-corrected chi connectivity index (χ0v) is 13.2. The van der Waals surface area contributed by atoms with Crippen LogP contribution in [0.3, 0.4) is 0 Å². The fourth-order valence-corrected chi connectivity index (χ4v) is 2.63. The van der Waals surface area contributed by atoms with Gasteiger partial charge in [0.25, 0.3) is 0 Å². The molecule has 0 heterocycles. The van der Waals surface area contributed by atoms with Crippen LogP contribution in [0.25, 0.3) is 0 Å².